The number of alkyl halides is 3. The lowest BCUT2D eigenvalue weighted by Gasteiger charge is -2.37. The zero-order chi connectivity index (χ0) is 17.2. The Morgan fingerprint density at radius 2 is 1.91 bits per heavy atom. The lowest BCUT2D eigenvalue weighted by Crippen LogP contribution is -2.45. The maximum atomic E-state index is 14.2. The van der Waals surface area contributed by atoms with Gasteiger partial charge in [-0.05, 0) is 31.5 Å². The Kier molecular flexibility index (Phi) is 5.13. The van der Waals surface area contributed by atoms with Crippen molar-refractivity contribution in [2.24, 2.45) is 0 Å². The molecule has 1 aromatic rings. The highest BCUT2D eigenvalue weighted by Gasteiger charge is 2.38. The maximum absolute atomic E-state index is 14.2. The number of anilines is 1. The Bertz CT molecular complexity index is 567. The van der Waals surface area contributed by atoms with Crippen LogP contribution in [0.1, 0.15) is 19.4 Å². The van der Waals surface area contributed by atoms with E-state index in [4.69, 9.17) is 4.74 Å². The van der Waals surface area contributed by atoms with Crippen molar-refractivity contribution in [3.63, 3.8) is 0 Å². The zero-order valence-corrected chi connectivity index (χ0v) is 12.8. The molecule has 1 aliphatic rings. The van der Waals surface area contributed by atoms with Crippen molar-refractivity contribution in [1.29, 1.82) is 0 Å². The number of halogens is 4. The number of amides is 1. The van der Waals surface area contributed by atoms with Gasteiger partial charge in [-0.25, -0.2) is 4.39 Å². The molecular formula is C15H18F4N2O2. The highest BCUT2D eigenvalue weighted by atomic mass is 19.4. The number of hydrogen-bond donors (Lipinski definition) is 1. The summed E-state index contributed by atoms with van der Waals surface area (Å²) in [4.78, 5) is 12.6. The van der Waals surface area contributed by atoms with Crippen LogP contribution in [0.2, 0.25) is 0 Å². The van der Waals surface area contributed by atoms with Crippen LogP contribution >= 0.6 is 0 Å². The van der Waals surface area contributed by atoms with E-state index in [1.165, 1.54) is 12.1 Å². The van der Waals surface area contributed by atoms with Crippen LogP contribution in [0.4, 0.5) is 23.2 Å². The molecule has 0 saturated carbocycles. The molecule has 1 aliphatic heterocycles. The van der Waals surface area contributed by atoms with Gasteiger partial charge in [-0.15, -0.1) is 0 Å². The summed E-state index contributed by atoms with van der Waals surface area (Å²) in [6.45, 7) is 4.46. The predicted octanol–water partition coefficient (Wildman–Crippen LogP) is 2.62. The summed E-state index contributed by atoms with van der Waals surface area (Å²) in [6.07, 6.45) is -5.02. The van der Waals surface area contributed by atoms with Crippen LogP contribution in [-0.2, 0) is 16.1 Å². The van der Waals surface area contributed by atoms with Gasteiger partial charge in [0.2, 0.25) is 0 Å². The molecule has 0 spiro atoms. The lowest BCUT2D eigenvalue weighted by atomic mass is 10.1. The number of nitrogens with one attached hydrogen (secondary N) is 1. The molecule has 1 N–H and O–H groups in total. The van der Waals surface area contributed by atoms with Gasteiger partial charge in [0.15, 0.2) is 0 Å². The molecule has 1 amide bonds. The topological polar surface area (TPSA) is 41.6 Å². The second-order valence-electron chi connectivity index (χ2n) is 5.63. The molecule has 0 radical (unpaired) electrons. The third kappa shape index (κ3) is 4.57. The molecule has 1 aromatic carbocycles. The first-order valence-corrected chi connectivity index (χ1v) is 7.20. The van der Waals surface area contributed by atoms with Crippen molar-refractivity contribution in [2.45, 2.75) is 38.8 Å². The summed E-state index contributed by atoms with van der Waals surface area (Å²) in [5.41, 5.74) is 0.635. The molecule has 128 valence electrons. The van der Waals surface area contributed by atoms with Gasteiger partial charge in [-0.2, -0.15) is 13.2 Å². The van der Waals surface area contributed by atoms with E-state index in [2.05, 4.69) is 0 Å². The highest BCUT2D eigenvalue weighted by molar-refractivity contribution is 5.81. The van der Waals surface area contributed by atoms with E-state index in [0.29, 0.717) is 18.8 Å². The normalized spacial score (nSPS) is 22.1. The summed E-state index contributed by atoms with van der Waals surface area (Å²) >= 11 is 0. The van der Waals surface area contributed by atoms with Crippen molar-refractivity contribution in [3.8, 4) is 0 Å². The largest absolute Gasteiger partial charge is 0.471 e. The summed E-state index contributed by atoms with van der Waals surface area (Å²) in [5, 5.41) is 1.72. The number of rotatable bonds is 3. The third-order valence-electron chi connectivity index (χ3n) is 3.48. The number of carbonyl (C=O) groups is 1. The van der Waals surface area contributed by atoms with E-state index < -0.39 is 17.9 Å². The molecule has 2 rings (SSSR count). The molecule has 1 heterocycles. The van der Waals surface area contributed by atoms with Crippen LogP contribution in [0, 0.1) is 5.82 Å². The molecule has 2 atom stereocenters. The van der Waals surface area contributed by atoms with E-state index in [9.17, 15) is 22.4 Å². The van der Waals surface area contributed by atoms with E-state index in [1.54, 1.807) is 5.32 Å². The zero-order valence-electron chi connectivity index (χ0n) is 12.8. The van der Waals surface area contributed by atoms with Crippen LogP contribution in [0.3, 0.4) is 0 Å². The van der Waals surface area contributed by atoms with Gasteiger partial charge < -0.3 is 15.0 Å². The summed E-state index contributed by atoms with van der Waals surface area (Å²) in [5.74, 6) is -2.58. The number of carbonyl (C=O) groups excluding carboxylic acids is 1. The number of nitrogens with zero attached hydrogens (tertiary/aromatic N) is 1. The summed E-state index contributed by atoms with van der Waals surface area (Å²) in [6, 6.07) is 4.14. The Morgan fingerprint density at radius 3 is 2.43 bits per heavy atom. The minimum atomic E-state index is -4.95. The Balaban J connectivity index is 2.04. The lowest BCUT2D eigenvalue weighted by molar-refractivity contribution is -0.173. The third-order valence-corrected chi connectivity index (χ3v) is 3.48. The first kappa shape index (κ1) is 17.5. The number of hydrogen-bond acceptors (Lipinski definition) is 3. The van der Waals surface area contributed by atoms with Crippen molar-refractivity contribution in [3.05, 3.63) is 29.6 Å². The Hall–Kier alpha value is -1.83. The standard InChI is InChI=1S/C15H18F4N2O2/c1-9-7-21(8-10(2)23-9)13-4-3-11(5-12(13)16)6-20-14(22)15(17,18)19/h3-5,9-10H,6-8H2,1-2H3,(H,20,22). The van der Waals surface area contributed by atoms with Crippen LogP contribution in [-0.4, -0.2) is 37.4 Å². The van der Waals surface area contributed by atoms with Crippen molar-refractivity contribution < 1.29 is 27.1 Å². The average Bonchev–Trinajstić information content (AvgIpc) is 2.42. The summed E-state index contributed by atoms with van der Waals surface area (Å²) in [7, 11) is 0. The molecule has 1 fully saturated rings. The Morgan fingerprint density at radius 1 is 1.30 bits per heavy atom. The van der Waals surface area contributed by atoms with E-state index in [-0.39, 0.29) is 24.3 Å². The number of benzene rings is 1. The van der Waals surface area contributed by atoms with Gasteiger partial charge in [0.1, 0.15) is 5.82 Å². The van der Waals surface area contributed by atoms with Gasteiger partial charge in [-0.3, -0.25) is 4.79 Å². The fourth-order valence-corrected chi connectivity index (χ4v) is 2.57. The average molecular weight is 334 g/mol. The molecule has 0 aliphatic carbocycles. The van der Waals surface area contributed by atoms with E-state index >= 15 is 0 Å². The molecule has 4 nitrogen and oxygen atoms in total. The molecule has 0 bridgehead atoms. The van der Waals surface area contributed by atoms with E-state index in [1.807, 2.05) is 18.7 Å². The SMILES string of the molecule is CC1CN(c2ccc(CNC(=O)C(F)(F)F)cc2F)CC(C)O1. The van der Waals surface area contributed by atoms with Crippen LogP contribution in [0.15, 0.2) is 18.2 Å². The molecular weight excluding hydrogens is 316 g/mol. The van der Waals surface area contributed by atoms with Crippen molar-refractivity contribution in [2.75, 3.05) is 18.0 Å². The molecule has 1 saturated heterocycles. The van der Waals surface area contributed by atoms with Crippen LogP contribution < -0.4 is 10.2 Å². The van der Waals surface area contributed by atoms with Gasteiger partial charge >= 0.3 is 12.1 Å². The smallest absolute Gasteiger partial charge is 0.372 e. The van der Waals surface area contributed by atoms with E-state index in [0.717, 1.165) is 6.07 Å². The minimum Gasteiger partial charge on any atom is -0.372 e. The van der Waals surface area contributed by atoms with Gasteiger partial charge in [0.05, 0.1) is 17.9 Å². The van der Waals surface area contributed by atoms with Crippen LogP contribution in [0.25, 0.3) is 0 Å². The molecule has 8 heteroatoms. The second-order valence-corrected chi connectivity index (χ2v) is 5.63. The number of ether oxygens (including phenoxy) is 1. The summed E-state index contributed by atoms with van der Waals surface area (Å²) < 4.78 is 56.1. The predicted molar refractivity (Wildman–Crippen MR) is 76.5 cm³/mol. The quantitative estimate of drug-likeness (QED) is 0.864. The monoisotopic (exact) mass is 334 g/mol. The van der Waals surface area contributed by atoms with Crippen LogP contribution in [0.5, 0.6) is 0 Å². The highest BCUT2D eigenvalue weighted by Crippen LogP contribution is 2.24. The molecule has 2 unspecified atom stereocenters. The van der Waals surface area contributed by atoms with Gasteiger partial charge in [0.25, 0.3) is 0 Å². The van der Waals surface area contributed by atoms with Crippen molar-refractivity contribution >= 4 is 11.6 Å². The maximum Gasteiger partial charge on any atom is 0.471 e. The first-order chi connectivity index (χ1) is 10.7. The van der Waals surface area contributed by atoms with Crippen molar-refractivity contribution in [1.82, 2.24) is 5.32 Å². The van der Waals surface area contributed by atoms with Gasteiger partial charge in [0, 0.05) is 19.6 Å². The fraction of sp³-hybridized carbons (Fsp3) is 0.533. The first-order valence-electron chi connectivity index (χ1n) is 7.20. The second kappa shape index (κ2) is 6.74. The van der Waals surface area contributed by atoms with Gasteiger partial charge in [-0.1, -0.05) is 6.07 Å². The Labute approximate surface area is 131 Å². The molecule has 23 heavy (non-hydrogen) atoms. The molecule has 0 aromatic heterocycles. The number of morpholine rings is 1. The minimum absolute atomic E-state index is 0.0381. The fourth-order valence-electron chi connectivity index (χ4n) is 2.57.